The van der Waals surface area contributed by atoms with E-state index < -0.39 is 23.1 Å². The van der Waals surface area contributed by atoms with Crippen LogP contribution in [0.1, 0.15) is 30.9 Å². The van der Waals surface area contributed by atoms with E-state index in [0.717, 1.165) is 6.07 Å². The zero-order valence-corrected chi connectivity index (χ0v) is 15.7. The van der Waals surface area contributed by atoms with Crippen molar-refractivity contribution in [2.75, 3.05) is 5.32 Å². The smallest absolute Gasteiger partial charge is 0.416 e. The Kier molecular flexibility index (Phi) is 4.38. The molecule has 0 unspecified atom stereocenters. The number of phenols is 1. The van der Waals surface area contributed by atoms with Crippen molar-refractivity contribution in [1.82, 2.24) is 15.2 Å². The summed E-state index contributed by atoms with van der Waals surface area (Å²) >= 11 is 0. The number of fused-ring (bicyclic) bond motifs is 1. The minimum absolute atomic E-state index is 0.0246. The fourth-order valence-electron chi connectivity index (χ4n) is 3.81. The van der Waals surface area contributed by atoms with E-state index in [1.54, 1.807) is 25.3 Å². The molecular weight excluding hydrogens is 385 g/mol. The third kappa shape index (κ3) is 3.57. The van der Waals surface area contributed by atoms with Crippen molar-refractivity contribution in [3.63, 3.8) is 0 Å². The van der Waals surface area contributed by atoms with Crippen LogP contribution in [0.25, 0.3) is 22.2 Å². The molecule has 6 nitrogen and oxygen atoms in total. The molecule has 0 radical (unpaired) electrons. The molecule has 1 aliphatic rings. The van der Waals surface area contributed by atoms with Crippen LogP contribution in [0.15, 0.2) is 30.5 Å². The number of rotatable bonds is 3. The van der Waals surface area contributed by atoms with Crippen molar-refractivity contribution in [3.05, 3.63) is 41.6 Å². The summed E-state index contributed by atoms with van der Waals surface area (Å²) in [6.45, 7) is 3.24. The molecule has 29 heavy (non-hydrogen) atoms. The van der Waals surface area contributed by atoms with E-state index in [1.807, 2.05) is 0 Å². The molecule has 0 aliphatic heterocycles. The SMILES string of the molecule is Cc1cc(C(F)(F)F)cc(O)c1-c1nnc(NC2CC(C)(O)C2)c2ncccc12. The topological polar surface area (TPSA) is 91.2 Å². The second-order valence-corrected chi connectivity index (χ2v) is 7.73. The van der Waals surface area contributed by atoms with Crippen LogP contribution in [0, 0.1) is 6.92 Å². The first-order valence-electron chi connectivity index (χ1n) is 9.07. The Morgan fingerprint density at radius 1 is 1.21 bits per heavy atom. The van der Waals surface area contributed by atoms with Gasteiger partial charge in [0.25, 0.3) is 0 Å². The molecule has 0 bridgehead atoms. The Bertz CT molecular complexity index is 1070. The van der Waals surface area contributed by atoms with Gasteiger partial charge < -0.3 is 15.5 Å². The van der Waals surface area contributed by atoms with E-state index in [2.05, 4.69) is 20.5 Å². The van der Waals surface area contributed by atoms with Crippen molar-refractivity contribution in [2.45, 2.75) is 44.5 Å². The number of phenolic OH excluding ortho intramolecular Hbond substituents is 1. The molecule has 0 amide bonds. The normalized spacial score (nSPS) is 21.8. The molecule has 2 aromatic heterocycles. The molecule has 1 saturated carbocycles. The van der Waals surface area contributed by atoms with Crippen LogP contribution in [0.4, 0.5) is 19.0 Å². The largest absolute Gasteiger partial charge is 0.507 e. The number of aromatic hydroxyl groups is 1. The van der Waals surface area contributed by atoms with Crippen LogP contribution in [0.3, 0.4) is 0 Å². The number of anilines is 1. The average Bonchev–Trinajstić information content (AvgIpc) is 2.60. The van der Waals surface area contributed by atoms with Gasteiger partial charge >= 0.3 is 6.18 Å². The Hall–Kier alpha value is -2.94. The Balaban J connectivity index is 1.79. The van der Waals surface area contributed by atoms with Gasteiger partial charge in [0.15, 0.2) is 5.82 Å². The van der Waals surface area contributed by atoms with E-state index in [9.17, 15) is 23.4 Å². The van der Waals surface area contributed by atoms with Gasteiger partial charge in [-0.05, 0) is 56.5 Å². The Morgan fingerprint density at radius 3 is 2.55 bits per heavy atom. The van der Waals surface area contributed by atoms with Crippen LogP contribution < -0.4 is 5.32 Å². The number of pyridine rings is 1. The highest BCUT2D eigenvalue weighted by atomic mass is 19.4. The number of aryl methyl sites for hydroxylation is 1. The molecule has 0 atom stereocenters. The number of hydrogen-bond donors (Lipinski definition) is 3. The summed E-state index contributed by atoms with van der Waals surface area (Å²) in [7, 11) is 0. The fourth-order valence-corrected chi connectivity index (χ4v) is 3.81. The molecule has 3 aromatic rings. The molecule has 3 N–H and O–H groups in total. The van der Waals surface area contributed by atoms with Gasteiger partial charge in [-0.2, -0.15) is 13.2 Å². The number of halogens is 3. The molecule has 9 heteroatoms. The summed E-state index contributed by atoms with van der Waals surface area (Å²) in [5.74, 6) is -0.0959. The monoisotopic (exact) mass is 404 g/mol. The lowest BCUT2D eigenvalue weighted by molar-refractivity contribution is -0.137. The standard InChI is InChI=1S/C20H19F3N4O2/c1-10-6-11(20(21,22)23)7-14(28)15(10)16-13-4-3-5-24-17(13)18(27-26-16)25-12-8-19(2,29)9-12/h3-7,12,28-29H,8-9H2,1-2H3,(H,25,27). The van der Waals surface area contributed by atoms with E-state index in [1.165, 1.54) is 6.92 Å². The molecule has 152 valence electrons. The summed E-state index contributed by atoms with van der Waals surface area (Å²) in [4.78, 5) is 4.34. The maximum atomic E-state index is 13.0. The summed E-state index contributed by atoms with van der Waals surface area (Å²) in [5.41, 5.74) is -0.487. The van der Waals surface area contributed by atoms with E-state index in [4.69, 9.17) is 0 Å². The molecule has 1 aromatic carbocycles. The van der Waals surface area contributed by atoms with Crippen LogP contribution in [0.5, 0.6) is 5.75 Å². The molecule has 0 saturated heterocycles. The lowest BCUT2D eigenvalue weighted by Crippen LogP contribution is -2.48. The Labute approximate surface area is 164 Å². The summed E-state index contributed by atoms with van der Waals surface area (Å²) < 4.78 is 39.1. The second-order valence-electron chi connectivity index (χ2n) is 7.73. The van der Waals surface area contributed by atoms with Gasteiger partial charge in [-0.15, -0.1) is 10.2 Å². The van der Waals surface area contributed by atoms with Crippen LogP contribution >= 0.6 is 0 Å². The molecule has 1 fully saturated rings. The highest BCUT2D eigenvalue weighted by molar-refractivity contribution is 5.99. The maximum absolute atomic E-state index is 13.0. The van der Waals surface area contributed by atoms with Gasteiger partial charge in [-0.3, -0.25) is 4.98 Å². The zero-order chi connectivity index (χ0) is 21.0. The van der Waals surface area contributed by atoms with Crippen molar-refractivity contribution in [2.24, 2.45) is 0 Å². The number of nitrogens with zero attached hydrogens (tertiary/aromatic N) is 3. The molecule has 1 aliphatic carbocycles. The number of aliphatic hydroxyl groups is 1. The predicted octanol–water partition coefficient (Wildman–Crippen LogP) is 4.05. The molecule has 0 spiro atoms. The van der Waals surface area contributed by atoms with Gasteiger partial charge in [0, 0.05) is 23.2 Å². The first-order valence-corrected chi connectivity index (χ1v) is 9.07. The van der Waals surface area contributed by atoms with Gasteiger partial charge in [0.05, 0.1) is 11.2 Å². The molecular formula is C20H19F3N4O2. The average molecular weight is 404 g/mol. The second kappa shape index (κ2) is 6.55. The van der Waals surface area contributed by atoms with Gasteiger partial charge in [0.2, 0.25) is 0 Å². The zero-order valence-electron chi connectivity index (χ0n) is 15.7. The number of nitrogens with one attached hydrogen (secondary N) is 1. The maximum Gasteiger partial charge on any atom is 0.416 e. The lowest BCUT2D eigenvalue weighted by atomic mass is 9.77. The number of alkyl halides is 3. The highest BCUT2D eigenvalue weighted by Crippen LogP contribution is 2.41. The van der Waals surface area contributed by atoms with Gasteiger partial charge in [0.1, 0.15) is 17.0 Å². The van der Waals surface area contributed by atoms with Crippen molar-refractivity contribution in [1.29, 1.82) is 0 Å². The minimum atomic E-state index is -4.56. The van der Waals surface area contributed by atoms with Crippen molar-refractivity contribution >= 4 is 16.7 Å². The van der Waals surface area contributed by atoms with Crippen LogP contribution in [0.2, 0.25) is 0 Å². The lowest BCUT2D eigenvalue weighted by Gasteiger charge is -2.41. The van der Waals surface area contributed by atoms with E-state index >= 15 is 0 Å². The number of aromatic nitrogens is 3. The third-order valence-corrected chi connectivity index (χ3v) is 5.13. The first kappa shape index (κ1) is 19.4. The minimum Gasteiger partial charge on any atom is -0.507 e. The van der Waals surface area contributed by atoms with Crippen LogP contribution in [-0.2, 0) is 6.18 Å². The predicted molar refractivity (Wildman–Crippen MR) is 101 cm³/mol. The number of hydrogen-bond acceptors (Lipinski definition) is 6. The van der Waals surface area contributed by atoms with E-state index in [0.29, 0.717) is 35.6 Å². The number of benzene rings is 1. The van der Waals surface area contributed by atoms with Gasteiger partial charge in [-0.25, -0.2) is 0 Å². The molecule has 4 rings (SSSR count). The van der Waals surface area contributed by atoms with E-state index in [-0.39, 0.29) is 22.9 Å². The summed E-state index contributed by atoms with van der Waals surface area (Å²) in [6.07, 6.45) is -1.86. The van der Waals surface area contributed by atoms with Crippen molar-refractivity contribution in [3.8, 4) is 17.0 Å². The third-order valence-electron chi connectivity index (χ3n) is 5.13. The fraction of sp³-hybridized carbons (Fsp3) is 0.350. The molecule has 2 heterocycles. The highest BCUT2D eigenvalue weighted by Gasteiger charge is 2.39. The van der Waals surface area contributed by atoms with Gasteiger partial charge in [-0.1, -0.05) is 0 Å². The van der Waals surface area contributed by atoms with Crippen LogP contribution in [-0.4, -0.2) is 37.0 Å². The first-order chi connectivity index (χ1) is 13.5. The summed E-state index contributed by atoms with van der Waals surface area (Å²) in [5, 5.41) is 32.4. The summed E-state index contributed by atoms with van der Waals surface area (Å²) in [6, 6.07) is 5.10. The quantitative estimate of drug-likeness (QED) is 0.610. The van der Waals surface area contributed by atoms with Crippen molar-refractivity contribution < 1.29 is 23.4 Å². The Morgan fingerprint density at radius 2 is 1.93 bits per heavy atom.